The molecule has 118 valence electrons. The molecule has 6 nitrogen and oxygen atoms in total. The molecule has 2 aromatic heterocycles. The van der Waals surface area contributed by atoms with Crippen molar-refractivity contribution >= 4 is 16.9 Å². The van der Waals surface area contributed by atoms with Crippen LogP contribution in [0.25, 0.3) is 22.2 Å². The minimum atomic E-state index is -0.509. The van der Waals surface area contributed by atoms with Gasteiger partial charge in [-0.1, -0.05) is 53.7 Å². The Morgan fingerprint density at radius 3 is 2.75 bits per heavy atom. The van der Waals surface area contributed by atoms with Crippen LogP contribution >= 0.6 is 0 Å². The number of fused-ring (bicyclic) bond motifs is 1. The molecule has 4 rings (SSSR count). The van der Waals surface area contributed by atoms with Crippen molar-refractivity contribution in [1.29, 1.82) is 0 Å². The smallest absolute Gasteiger partial charge is 0.359 e. The standard InChI is InChI=1S/C18H13N3O3/c22-18(17-14-8-4-5-9-15(14)19-20-17)23-11-13-10-16(21-24-13)12-6-2-1-3-7-12/h1-10H,11H2,(H,19,20). The Morgan fingerprint density at radius 1 is 1.08 bits per heavy atom. The van der Waals surface area contributed by atoms with Crippen molar-refractivity contribution in [3.8, 4) is 11.3 Å². The highest BCUT2D eigenvalue weighted by Crippen LogP contribution is 2.20. The van der Waals surface area contributed by atoms with Gasteiger partial charge in [-0.15, -0.1) is 0 Å². The van der Waals surface area contributed by atoms with E-state index in [-0.39, 0.29) is 12.3 Å². The van der Waals surface area contributed by atoms with E-state index in [0.717, 1.165) is 16.5 Å². The van der Waals surface area contributed by atoms with Gasteiger partial charge >= 0.3 is 5.97 Å². The van der Waals surface area contributed by atoms with Crippen LogP contribution in [0.15, 0.2) is 65.2 Å². The number of rotatable bonds is 4. The molecule has 0 aliphatic heterocycles. The number of ether oxygens (including phenoxy) is 1. The van der Waals surface area contributed by atoms with E-state index >= 15 is 0 Å². The van der Waals surface area contributed by atoms with Gasteiger partial charge in [-0.3, -0.25) is 5.10 Å². The Balaban J connectivity index is 1.47. The molecule has 0 bridgehead atoms. The Morgan fingerprint density at radius 2 is 1.88 bits per heavy atom. The first-order chi connectivity index (χ1) is 11.8. The molecule has 0 aliphatic carbocycles. The number of hydrogen-bond acceptors (Lipinski definition) is 5. The van der Waals surface area contributed by atoms with E-state index in [9.17, 15) is 4.79 Å². The summed E-state index contributed by atoms with van der Waals surface area (Å²) < 4.78 is 10.5. The van der Waals surface area contributed by atoms with Gasteiger partial charge in [0.1, 0.15) is 5.69 Å². The summed E-state index contributed by atoms with van der Waals surface area (Å²) >= 11 is 0. The van der Waals surface area contributed by atoms with E-state index in [1.165, 1.54) is 0 Å². The van der Waals surface area contributed by atoms with Crippen LogP contribution in [0.4, 0.5) is 0 Å². The summed E-state index contributed by atoms with van der Waals surface area (Å²) in [5.41, 5.74) is 2.69. The molecule has 6 heteroatoms. The van der Waals surface area contributed by atoms with Gasteiger partial charge in [-0.05, 0) is 6.07 Å². The summed E-state index contributed by atoms with van der Waals surface area (Å²) in [7, 11) is 0. The number of carbonyl (C=O) groups is 1. The van der Waals surface area contributed by atoms with Gasteiger partial charge in [-0.2, -0.15) is 5.10 Å². The van der Waals surface area contributed by atoms with Gasteiger partial charge in [0.2, 0.25) is 0 Å². The van der Waals surface area contributed by atoms with E-state index in [1.54, 1.807) is 6.07 Å². The molecule has 2 heterocycles. The van der Waals surface area contributed by atoms with Gasteiger partial charge in [0, 0.05) is 17.0 Å². The Bertz CT molecular complexity index is 989. The fourth-order valence-corrected chi connectivity index (χ4v) is 2.45. The summed E-state index contributed by atoms with van der Waals surface area (Å²) in [5, 5.41) is 11.5. The zero-order valence-electron chi connectivity index (χ0n) is 12.6. The summed E-state index contributed by atoms with van der Waals surface area (Å²) in [6, 6.07) is 18.8. The summed E-state index contributed by atoms with van der Waals surface area (Å²) in [5.74, 6) is -0.0350. The third kappa shape index (κ3) is 2.65. The van der Waals surface area contributed by atoms with Crippen molar-refractivity contribution < 1.29 is 14.1 Å². The summed E-state index contributed by atoms with van der Waals surface area (Å²) in [6.07, 6.45) is 0. The number of hydrogen-bond donors (Lipinski definition) is 1. The molecule has 1 N–H and O–H groups in total. The Labute approximate surface area is 137 Å². The van der Waals surface area contributed by atoms with Crippen LogP contribution in [0, 0.1) is 0 Å². The molecular formula is C18H13N3O3. The number of carbonyl (C=O) groups excluding carboxylic acids is 1. The molecule has 0 radical (unpaired) electrons. The summed E-state index contributed by atoms with van der Waals surface area (Å²) in [4.78, 5) is 12.2. The van der Waals surface area contributed by atoms with Crippen molar-refractivity contribution in [3.05, 3.63) is 72.1 Å². The third-order valence-electron chi connectivity index (χ3n) is 3.64. The SMILES string of the molecule is O=C(OCc1cc(-c2ccccc2)no1)c1n[nH]c2ccccc12. The number of benzene rings is 2. The number of H-pyrrole nitrogens is 1. The molecule has 0 amide bonds. The van der Waals surface area contributed by atoms with E-state index in [2.05, 4.69) is 15.4 Å². The minimum absolute atomic E-state index is 0.000145. The number of nitrogens with zero attached hydrogens (tertiary/aromatic N) is 2. The predicted octanol–water partition coefficient (Wildman–Crippen LogP) is 3.57. The van der Waals surface area contributed by atoms with E-state index in [0.29, 0.717) is 11.5 Å². The van der Waals surface area contributed by atoms with Crippen LogP contribution in [0.1, 0.15) is 16.2 Å². The van der Waals surface area contributed by atoms with Gasteiger partial charge in [0.05, 0.1) is 5.52 Å². The second-order valence-corrected chi connectivity index (χ2v) is 5.24. The molecule has 0 atom stereocenters. The Hall–Kier alpha value is -3.41. The highest BCUT2D eigenvalue weighted by molar-refractivity contribution is 6.01. The molecular weight excluding hydrogens is 306 g/mol. The molecule has 4 aromatic rings. The molecule has 0 saturated carbocycles. The molecule has 24 heavy (non-hydrogen) atoms. The first-order valence-corrected chi connectivity index (χ1v) is 7.42. The molecule has 0 spiro atoms. The number of esters is 1. The fraction of sp³-hybridized carbons (Fsp3) is 0.0556. The second-order valence-electron chi connectivity index (χ2n) is 5.24. The largest absolute Gasteiger partial charge is 0.453 e. The monoisotopic (exact) mass is 319 g/mol. The van der Waals surface area contributed by atoms with Crippen molar-refractivity contribution in [2.75, 3.05) is 0 Å². The van der Waals surface area contributed by atoms with Crippen LogP contribution in [0.5, 0.6) is 0 Å². The van der Waals surface area contributed by atoms with Crippen molar-refractivity contribution in [1.82, 2.24) is 15.4 Å². The van der Waals surface area contributed by atoms with E-state index in [1.807, 2.05) is 54.6 Å². The lowest BCUT2D eigenvalue weighted by atomic mass is 10.1. The van der Waals surface area contributed by atoms with Crippen LogP contribution in [0.3, 0.4) is 0 Å². The van der Waals surface area contributed by atoms with E-state index in [4.69, 9.17) is 9.26 Å². The molecule has 0 unspecified atom stereocenters. The van der Waals surface area contributed by atoms with Gasteiger partial charge < -0.3 is 9.26 Å². The van der Waals surface area contributed by atoms with Crippen LogP contribution < -0.4 is 0 Å². The predicted molar refractivity (Wildman–Crippen MR) is 87.2 cm³/mol. The lowest BCUT2D eigenvalue weighted by Gasteiger charge is -1.99. The first kappa shape index (κ1) is 14.2. The average molecular weight is 319 g/mol. The van der Waals surface area contributed by atoms with Crippen molar-refractivity contribution in [2.45, 2.75) is 6.61 Å². The number of aromatic amines is 1. The topological polar surface area (TPSA) is 81.0 Å². The zero-order chi connectivity index (χ0) is 16.4. The lowest BCUT2D eigenvalue weighted by Crippen LogP contribution is -2.05. The average Bonchev–Trinajstić information content (AvgIpc) is 3.27. The summed E-state index contributed by atoms with van der Waals surface area (Å²) in [6.45, 7) is -0.000145. The highest BCUT2D eigenvalue weighted by atomic mass is 16.5. The maximum Gasteiger partial charge on any atom is 0.359 e. The second kappa shape index (κ2) is 6.00. The normalized spacial score (nSPS) is 10.8. The van der Waals surface area contributed by atoms with Gasteiger partial charge in [0.15, 0.2) is 18.1 Å². The van der Waals surface area contributed by atoms with Crippen molar-refractivity contribution in [2.24, 2.45) is 0 Å². The molecule has 0 aliphatic rings. The fourth-order valence-electron chi connectivity index (χ4n) is 2.45. The zero-order valence-corrected chi connectivity index (χ0v) is 12.6. The molecule has 0 saturated heterocycles. The van der Waals surface area contributed by atoms with Crippen LogP contribution in [-0.2, 0) is 11.3 Å². The minimum Gasteiger partial charge on any atom is -0.453 e. The highest BCUT2D eigenvalue weighted by Gasteiger charge is 2.16. The number of aromatic nitrogens is 3. The first-order valence-electron chi connectivity index (χ1n) is 7.42. The maximum atomic E-state index is 12.2. The quantitative estimate of drug-likeness (QED) is 0.582. The molecule has 0 fully saturated rings. The third-order valence-corrected chi connectivity index (χ3v) is 3.64. The number of para-hydroxylation sites is 1. The van der Waals surface area contributed by atoms with Crippen LogP contribution in [-0.4, -0.2) is 21.3 Å². The van der Waals surface area contributed by atoms with Gasteiger partial charge in [0.25, 0.3) is 0 Å². The lowest BCUT2D eigenvalue weighted by molar-refractivity contribution is 0.0432. The Kier molecular flexibility index (Phi) is 3.55. The van der Waals surface area contributed by atoms with Crippen LogP contribution in [0.2, 0.25) is 0 Å². The molecule has 2 aromatic carbocycles. The number of nitrogens with one attached hydrogen (secondary N) is 1. The van der Waals surface area contributed by atoms with E-state index < -0.39 is 5.97 Å². The maximum absolute atomic E-state index is 12.2. The van der Waals surface area contributed by atoms with Gasteiger partial charge in [-0.25, -0.2) is 4.79 Å². The van der Waals surface area contributed by atoms with Crippen molar-refractivity contribution in [3.63, 3.8) is 0 Å².